The maximum Gasteiger partial charge on any atom is 0.214 e. The average molecular weight is 325 g/mol. The molecule has 0 spiro atoms. The lowest BCUT2D eigenvalue weighted by molar-refractivity contribution is 0.245. The number of sulfone groups is 1. The first-order valence-electron chi connectivity index (χ1n) is 7.01. The molecule has 2 fully saturated rings. The van der Waals surface area contributed by atoms with Gasteiger partial charge in [-0.25, -0.2) is 21.6 Å². The van der Waals surface area contributed by atoms with Crippen molar-refractivity contribution in [3.63, 3.8) is 0 Å². The molecule has 2 N–H and O–H groups in total. The molecule has 118 valence electrons. The summed E-state index contributed by atoms with van der Waals surface area (Å²) >= 11 is 0. The number of rotatable bonds is 5. The fourth-order valence-electron chi connectivity index (χ4n) is 2.58. The maximum absolute atomic E-state index is 12.1. The Balaban J connectivity index is 1.76. The van der Waals surface area contributed by atoms with Gasteiger partial charge in [0.1, 0.15) is 9.84 Å². The monoisotopic (exact) mass is 325 g/mol. The average Bonchev–Trinajstić information content (AvgIpc) is 2.39. The van der Waals surface area contributed by atoms with Gasteiger partial charge >= 0.3 is 0 Å². The molecule has 0 aromatic rings. The van der Waals surface area contributed by atoms with Crippen LogP contribution in [0.2, 0.25) is 0 Å². The summed E-state index contributed by atoms with van der Waals surface area (Å²) in [5.41, 5.74) is 0. The molecule has 0 amide bonds. The summed E-state index contributed by atoms with van der Waals surface area (Å²) in [4.78, 5) is 2.21. The fraction of sp³-hybridized carbons (Fsp3) is 1.00. The van der Waals surface area contributed by atoms with Crippen LogP contribution in [0.5, 0.6) is 0 Å². The highest BCUT2D eigenvalue weighted by Gasteiger charge is 2.32. The molecule has 0 aromatic heterocycles. The van der Waals surface area contributed by atoms with Crippen molar-refractivity contribution >= 4 is 19.9 Å². The van der Waals surface area contributed by atoms with Crippen LogP contribution in [0.25, 0.3) is 0 Å². The Bertz CT molecular complexity index is 498. The Hall–Kier alpha value is -0.220. The molecule has 0 aromatic carbocycles. The molecular weight excluding hydrogens is 302 g/mol. The third-order valence-electron chi connectivity index (χ3n) is 3.88. The van der Waals surface area contributed by atoms with E-state index < -0.39 is 25.1 Å². The maximum atomic E-state index is 12.1. The van der Waals surface area contributed by atoms with Crippen molar-refractivity contribution in [2.24, 2.45) is 0 Å². The summed E-state index contributed by atoms with van der Waals surface area (Å²) in [6.07, 6.45) is 0.427. The van der Waals surface area contributed by atoms with Crippen molar-refractivity contribution in [1.82, 2.24) is 14.9 Å². The molecule has 0 radical (unpaired) electrons. The highest BCUT2D eigenvalue weighted by Crippen LogP contribution is 2.18. The zero-order valence-corrected chi connectivity index (χ0v) is 13.2. The van der Waals surface area contributed by atoms with Gasteiger partial charge in [0, 0.05) is 39.3 Å². The molecule has 2 saturated heterocycles. The van der Waals surface area contributed by atoms with Gasteiger partial charge in [-0.15, -0.1) is 0 Å². The predicted molar refractivity (Wildman–Crippen MR) is 77.9 cm³/mol. The summed E-state index contributed by atoms with van der Waals surface area (Å²) in [5.74, 6) is -0.0350. The van der Waals surface area contributed by atoms with Crippen molar-refractivity contribution in [3.8, 4) is 0 Å². The largest absolute Gasteiger partial charge is 0.314 e. The normalized spacial score (nSPS) is 25.6. The fourth-order valence-corrected chi connectivity index (χ4v) is 5.83. The van der Waals surface area contributed by atoms with Crippen LogP contribution in [-0.2, 0) is 19.9 Å². The second-order valence-corrected chi connectivity index (χ2v) is 9.73. The van der Waals surface area contributed by atoms with E-state index in [1.165, 1.54) is 0 Å². The molecule has 7 nitrogen and oxygen atoms in total. The SMILES string of the molecule is O=S1(=O)CCC(S(=O)(=O)NCCN2CCNCC2)CC1. The van der Waals surface area contributed by atoms with Gasteiger partial charge in [-0.05, 0) is 12.8 Å². The van der Waals surface area contributed by atoms with Crippen molar-refractivity contribution in [2.45, 2.75) is 18.1 Å². The van der Waals surface area contributed by atoms with E-state index in [0.717, 1.165) is 26.2 Å². The number of piperazine rings is 1. The predicted octanol–water partition coefficient (Wildman–Crippen LogP) is -1.61. The summed E-state index contributed by atoms with van der Waals surface area (Å²) < 4.78 is 49.5. The Labute approximate surface area is 121 Å². The number of hydrogen-bond donors (Lipinski definition) is 2. The Kier molecular flexibility index (Phi) is 5.41. The number of nitrogens with one attached hydrogen (secondary N) is 2. The second kappa shape index (κ2) is 6.69. The lowest BCUT2D eigenvalue weighted by atomic mass is 10.2. The van der Waals surface area contributed by atoms with Gasteiger partial charge in [-0.3, -0.25) is 4.90 Å². The molecule has 0 aliphatic carbocycles. The van der Waals surface area contributed by atoms with Crippen LogP contribution in [0.15, 0.2) is 0 Å². The van der Waals surface area contributed by atoms with Crippen LogP contribution >= 0.6 is 0 Å². The first-order chi connectivity index (χ1) is 9.39. The zero-order valence-electron chi connectivity index (χ0n) is 11.5. The van der Waals surface area contributed by atoms with E-state index in [1.54, 1.807) is 0 Å². The quantitative estimate of drug-likeness (QED) is 0.631. The van der Waals surface area contributed by atoms with E-state index in [2.05, 4.69) is 14.9 Å². The molecule has 9 heteroatoms. The number of nitrogens with zero attached hydrogens (tertiary/aromatic N) is 1. The van der Waals surface area contributed by atoms with E-state index in [1.807, 2.05) is 0 Å². The van der Waals surface area contributed by atoms with Gasteiger partial charge < -0.3 is 5.32 Å². The van der Waals surface area contributed by atoms with E-state index in [0.29, 0.717) is 13.1 Å². The summed E-state index contributed by atoms with van der Waals surface area (Å²) in [6.45, 7) is 4.84. The third kappa shape index (κ3) is 4.66. The standard InChI is InChI=1S/C11H23N3O4S2/c15-19(16)9-1-11(2-10-19)20(17,18)13-5-8-14-6-3-12-4-7-14/h11-13H,1-10H2. The molecule has 2 aliphatic heterocycles. The van der Waals surface area contributed by atoms with Crippen LogP contribution in [-0.4, -0.2) is 77.8 Å². The molecule has 2 aliphatic rings. The first kappa shape index (κ1) is 16.2. The number of sulfonamides is 1. The highest BCUT2D eigenvalue weighted by atomic mass is 32.2. The van der Waals surface area contributed by atoms with E-state index in [4.69, 9.17) is 0 Å². The molecule has 0 saturated carbocycles. The van der Waals surface area contributed by atoms with Gasteiger partial charge in [0.05, 0.1) is 16.8 Å². The summed E-state index contributed by atoms with van der Waals surface area (Å²) in [7, 11) is -6.41. The first-order valence-corrected chi connectivity index (χ1v) is 10.4. The van der Waals surface area contributed by atoms with Crippen molar-refractivity contribution < 1.29 is 16.8 Å². The second-order valence-electron chi connectivity index (χ2n) is 5.38. The smallest absolute Gasteiger partial charge is 0.214 e. The van der Waals surface area contributed by atoms with Crippen LogP contribution in [0.3, 0.4) is 0 Å². The minimum Gasteiger partial charge on any atom is -0.314 e. The van der Waals surface area contributed by atoms with Gasteiger partial charge in [-0.1, -0.05) is 0 Å². The summed E-state index contributed by atoms with van der Waals surface area (Å²) in [5, 5.41) is 2.68. The molecular formula is C11H23N3O4S2. The topological polar surface area (TPSA) is 95.6 Å². The lowest BCUT2D eigenvalue weighted by Gasteiger charge is -2.28. The third-order valence-corrected chi connectivity index (χ3v) is 7.55. The molecule has 0 unspecified atom stereocenters. The van der Waals surface area contributed by atoms with E-state index in [-0.39, 0.29) is 24.3 Å². The van der Waals surface area contributed by atoms with Crippen molar-refractivity contribution in [2.75, 3.05) is 50.8 Å². The zero-order chi connectivity index (χ0) is 14.6. The van der Waals surface area contributed by atoms with Crippen LogP contribution in [0.1, 0.15) is 12.8 Å². The van der Waals surface area contributed by atoms with Gasteiger partial charge in [0.2, 0.25) is 10.0 Å². The molecule has 0 bridgehead atoms. The van der Waals surface area contributed by atoms with Gasteiger partial charge in [-0.2, -0.15) is 0 Å². The molecule has 2 rings (SSSR count). The van der Waals surface area contributed by atoms with Crippen molar-refractivity contribution in [1.29, 1.82) is 0 Å². The van der Waals surface area contributed by atoms with E-state index >= 15 is 0 Å². The van der Waals surface area contributed by atoms with Crippen LogP contribution < -0.4 is 10.0 Å². The van der Waals surface area contributed by atoms with Gasteiger partial charge in [0.25, 0.3) is 0 Å². The Morgan fingerprint density at radius 3 is 2.35 bits per heavy atom. The Morgan fingerprint density at radius 1 is 1.15 bits per heavy atom. The van der Waals surface area contributed by atoms with Crippen molar-refractivity contribution in [3.05, 3.63) is 0 Å². The highest BCUT2D eigenvalue weighted by molar-refractivity contribution is 7.92. The van der Waals surface area contributed by atoms with Gasteiger partial charge in [0.15, 0.2) is 0 Å². The Morgan fingerprint density at radius 2 is 1.75 bits per heavy atom. The minimum atomic E-state index is -3.39. The molecule has 0 atom stereocenters. The molecule has 2 heterocycles. The van der Waals surface area contributed by atoms with Crippen LogP contribution in [0, 0.1) is 0 Å². The molecule has 20 heavy (non-hydrogen) atoms. The lowest BCUT2D eigenvalue weighted by Crippen LogP contribution is -2.47. The summed E-state index contributed by atoms with van der Waals surface area (Å²) in [6, 6.07) is 0. The van der Waals surface area contributed by atoms with E-state index in [9.17, 15) is 16.8 Å². The minimum absolute atomic E-state index is 0.0175. The van der Waals surface area contributed by atoms with Crippen LogP contribution in [0.4, 0.5) is 0 Å². The number of hydrogen-bond acceptors (Lipinski definition) is 6.